The summed E-state index contributed by atoms with van der Waals surface area (Å²) in [5.74, 6) is 0.745. The summed E-state index contributed by atoms with van der Waals surface area (Å²) < 4.78 is 5.97. The van der Waals surface area contributed by atoms with Crippen LogP contribution in [-0.2, 0) is 11.3 Å². The quantitative estimate of drug-likeness (QED) is 0.854. The summed E-state index contributed by atoms with van der Waals surface area (Å²) in [6.45, 7) is 2.61. The van der Waals surface area contributed by atoms with Gasteiger partial charge >= 0.3 is 0 Å². The third-order valence-corrected chi connectivity index (χ3v) is 4.80. The summed E-state index contributed by atoms with van der Waals surface area (Å²) in [5.41, 5.74) is 1.94. The first-order valence-corrected chi connectivity index (χ1v) is 8.12. The van der Waals surface area contributed by atoms with Gasteiger partial charge in [0, 0.05) is 17.0 Å². The van der Waals surface area contributed by atoms with E-state index in [9.17, 15) is 4.79 Å². The highest BCUT2D eigenvalue weighted by molar-refractivity contribution is 5.84. The highest BCUT2D eigenvalue weighted by atomic mass is 16.5. The molecule has 1 aromatic heterocycles. The van der Waals surface area contributed by atoms with Crippen LogP contribution in [0.5, 0.6) is 5.88 Å². The standard InChI is InChI=1S/C18H20N2O2/c1-2-16-18(21)20(14-7-5-8-14)11-13-10-12-6-3-4-9-15(12)19-17(13)22-16/h3-4,6,9-10,14,16H,2,5,7-8,11H2,1H3. The van der Waals surface area contributed by atoms with E-state index in [0.717, 1.165) is 29.3 Å². The molecule has 1 unspecified atom stereocenters. The Morgan fingerprint density at radius 1 is 1.32 bits per heavy atom. The summed E-state index contributed by atoms with van der Waals surface area (Å²) in [6, 6.07) is 10.5. The number of amides is 1. The van der Waals surface area contributed by atoms with Crippen LogP contribution >= 0.6 is 0 Å². The van der Waals surface area contributed by atoms with Gasteiger partial charge < -0.3 is 9.64 Å². The van der Waals surface area contributed by atoms with Crippen molar-refractivity contribution in [2.45, 2.75) is 51.3 Å². The molecule has 0 saturated heterocycles. The van der Waals surface area contributed by atoms with Crippen molar-refractivity contribution in [3.63, 3.8) is 0 Å². The number of hydrogen-bond acceptors (Lipinski definition) is 3. The molecule has 1 amide bonds. The Morgan fingerprint density at radius 2 is 2.14 bits per heavy atom. The lowest BCUT2D eigenvalue weighted by Crippen LogP contribution is -2.47. The van der Waals surface area contributed by atoms with Crippen molar-refractivity contribution < 1.29 is 9.53 Å². The van der Waals surface area contributed by atoms with Gasteiger partial charge in [0.05, 0.1) is 12.1 Å². The van der Waals surface area contributed by atoms with Gasteiger partial charge in [-0.05, 0) is 37.8 Å². The average Bonchev–Trinajstić information content (AvgIpc) is 2.61. The number of para-hydroxylation sites is 1. The van der Waals surface area contributed by atoms with Crippen molar-refractivity contribution in [2.75, 3.05) is 0 Å². The van der Waals surface area contributed by atoms with Gasteiger partial charge in [-0.15, -0.1) is 0 Å². The largest absolute Gasteiger partial charge is 0.464 e. The van der Waals surface area contributed by atoms with Gasteiger partial charge in [-0.3, -0.25) is 4.79 Å². The summed E-state index contributed by atoms with van der Waals surface area (Å²) >= 11 is 0. The van der Waals surface area contributed by atoms with Crippen LogP contribution in [0.25, 0.3) is 10.9 Å². The average molecular weight is 296 g/mol. The molecular weight excluding hydrogens is 276 g/mol. The van der Waals surface area contributed by atoms with Crippen molar-refractivity contribution in [3.05, 3.63) is 35.9 Å². The lowest BCUT2D eigenvalue weighted by Gasteiger charge is -2.37. The molecule has 1 saturated carbocycles. The summed E-state index contributed by atoms with van der Waals surface area (Å²) in [5, 5.41) is 1.10. The fourth-order valence-electron chi connectivity index (χ4n) is 3.25. The fraction of sp³-hybridized carbons (Fsp3) is 0.444. The summed E-state index contributed by atoms with van der Waals surface area (Å²) in [4.78, 5) is 19.4. The van der Waals surface area contributed by atoms with E-state index in [1.165, 1.54) is 6.42 Å². The second-order valence-corrected chi connectivity index (χ2v) is 6.21. The molecule has 2 aliphatic rings. The molecule has 1 aliphatic heterocycles. The lowest BCUT2D eigenvalue weighted by atomic mass is 9.90. The zero-order valence-corrected chi connectivity index (χ0v) is 12.8. The molecule has 114 valence electrons. The first-order valence-electron chi connectivity index (χ1n) is 8.12. The van der Waals surface area contributed by atoms with Crippen LogP contribution in [0.1, 0.15) is 38.2 Å². The Bertz CT molecular complexity index is 724. The highest BCUT2D eigenvalue weighted by Crippen LogP contribution is 2.33. The predicted molar refractivity (Wildman–Crippen MR) is 84.6 cm³/mol. The van der Waals surface area contributed by atoms with Crippen LogP contribution in [0.15, 0.2) is 30.3 Å². The molecular formula is C18H20N2O2. The first kappa shape index (κ1) is 13.6. The van der Waals surface area contributed by atoms with Crippen LogP contribution < -0.4 is 4.74 Å². The van der Waals surface area contributed by atoms with Gasteiger partial charge in [-0.25, -0.2) is 4.98 Å². The van der Waals surface area contributed by atoms with Crippen molar-refractivity contribution in [2.24, 2.45) is 0 Å². The number of hydrogen-bond donors (Lipinski definition) is 0. The molecule has 22 heavy (non-hydrogen) atoms. The van der Waals surface area contributed by atoms with Gasteiger partial charge in [0.25, 0.3) is 5.91 Å². The number of aromatic nitrogens is 1. The van der Waals surface area contributed by atoms with Crippen LogP contribution in [0.3, 0.4) is 0 Å². The first-order chi connectivity index (χ1) is 10.8. The second kappa shape index (κ2) is 5.27. The minimum Gasteiger partial charge on any atom is -0.464 e. The molecule has 0 N–H and O–H groups in total. The maximum atomic E-state index is 12.7. The van der Waals surface area contributed by atoms with E-state index in [2.05, 4.69) is 17.1 Å². The molecule has 4 heteroatoms. The van der Waals surface area contributed by atoms with E-state index < -0.39 is 6.10 Å². The Kier molecular flexibility index (Phi) is 3.25. The number of nitrogens with zero attached hydrogens (tertiary/aromatic N) is 2. The van der Waals surface area contributed by atoms with Gasteiger partial charge in [-0.1, -0.05) is 25.1 Å². The van der Waals surface area contributed by atoms with Gasteiger partial charge in [-0.2, -0.15) is 0 Å². The molecule has 1 fully saturated rings. The second-order valence-electron chi connectivity index (χ2n) is 6.21. The molecule has 1 aliphatic carbocycles. The molecule has 4 rings (SSSR count). The summed E-state index contributed by atoms with van der Waals surface area (Å²) in [6.07, 6.45) is 3.71. The Balaban J connectivity index is 1.79. The molecule has 1 atom stereocenters. The van der Waals surface area contributed by atoms with E-state index in [0.29, 0.717) is 24.9 Å². The van der Waals surface area contributed by atoms with Crippen LogP contribution in [0, 0.1) is 0 Å². The SMILES string of the molecule is CCC1Oc2nc3ccccc3cc2CN(C2CCC2)C1=O. The van der Waals surface area contributed by atoms with Crippen molar-refractivity contribution in [1.82, 2.24) is 9.88 Å². The van der Waals surface area contributed by atoms with Gasteiger partial charge in [0.1, 0.15) is 0 Å². The maximum Gasteiger partial charge on any atom is 0.264 e. The Hall–Kier alpha value is -2.10. The predicted octanol–water partition coefficient (Wildman–Crippen LogP) is 3.29. The van der Waals surface area contributed by atoms with E-state index >= 15 is 0 Å². The van der Waals surface area contributed by atoms with Gasteiger partial charge in [0.15, 0.2) is 6.10 Å². The zero-order chi connectivity index (χ0) is 15.1. The molecule has 0 spiro atoms. The smallest absolute Gasteiger partial charge is 0.264 e. The van der Waals surface area contributed by atoms with E-state index in [4.69, 9.17) is 4.74 Å². The normalized spacial score (nSPS) is 22.0. The Morgan fingerprint density at radius 3 is 2.86 bits per heavy atom. The lowest BCUT2D eigenvalue weighted by molar-refractivity contribution is -0.142. The van der Waals surface area contributed by atoms with Crippen molar-refractivity contribution in [1.29, 1.82) is 0 Å². The third kappa shape index (κ3) is 2.14. The topological polar surface area (TPSA) is 42.4 Å². The molecule has 4 nitrogen and oxygen atoms in total. The molecule has 0 radical (unpaired) electrons. The number of carbonyl (C=O) groups excluding carboxylic acids is 1. The molecule has 1 aromatic carbocycles. The van der Waals surface area contributed by atoms with Crippen molar-refractivity contribution >= 4 is 16.8 Å². The zero-order valence-electron chi connectivity index (χ0n) is 12.8. The Labute approximate surface area is 130 Å². The number of benzene rings is 1. The van der Waals surface area contributed by atoms with Crippen LogP contribution in [0.4, 0.5) is 0 Å². The summed E-state index contributed by atoms with van der Waals surface area (Å²) in [7, 11) is 0. The third-order valence-electron chi connectivity index (χ3n) is 4.80. The fourth-order valence-corrected chi connectivity index (χ4v) is 3.25. The number of fused-ring (bicyclic) bond motifs is 2. The number of rotatable bonds is 2. The number of pyridine rings is 1. The van der Waals surface area contributed by atoms with E-state index in [-0.39, 0.29) is 5.91 Å². The maximum absolute atomic E-state index is 12.7. The van der Waals surface area contributed by atoms with Crippen molar-refractivity contribution in [3.8, 4) is 5.88 Å². The minimum atomic E-state index is -0.407. The molecule has 2 heterocycles. The number of ether oxygens (including phenoxy) is 1. The van der Waals surface area contributed by atoms with Crippen LogP contribution in [-0.4, -0.2) is 27.9 Å². The minimum absolute atomic E-state index is 0.120. The van der Waals surface area contributed by atoms with Gasteiger partial charge in [0.2, 0.25) is 5.88 Å². The monoisotopic (exact) mass is 296 g/mol. The van der Waals surface area contributed by atoms with E-state index in [1.807, 2.05) is 30.0 Å². The number of carbonyl (C=O) groups is 1. The van der Waals surface area contributed by atoms with E-state index in [1.54, 1.807) is 0 Å². The van der Waals surface area contributed by atoms with Crippen LogP contribution in [0.2, 0.25) is 0 Å². The molecule has 0 bridgehead atoms. The molecule has 2 aromatic rings. The highest BCUT2D eigenvalue weighted by Gasteiger charge is 2.36.